The summed E-state index contributed by atoms with van der Waals surface area (Å²) in [6.45, 7) is 0.775. The first-order valence-electron chi connectivity index (χ1n) is 9.36. The van der Waals surface area contributed by atoms with Crippen LogP contribution in [0.2, 0.25) is 0 Å². The number of hydrogen-bond acceptors (Lipinski definition) is 4. The lowest BCUT2D eigenvalue weighted by atomic mass is 9.76. The van der Waals surface area contributed by atoms with Crippen LogP contribution in [0, 0.1) is 16.0 Å². The number of nitro groups is 1. The molecule has 0 aliphatic carbocycles. The van der Waals surface area contributed by atoms with Crippen molar-refractivity contribution >= 4 is 22.1 Å². The van der Waals surface area contributed by atoms with Crippen molar-refractivity contribution in [3.05, 3.63) is 81.9 Å². The zero-order valence-corrected chi connectivity index (χ0v) is 14.8. The fourth-order valence-corrected chi connectivity index (χ4v) is 4.58. The molecule has 3 aromatic carbocycles. The summed E-state index contributed by atoms with van der Waals surface area (Å²) in [7, 11) is 0. The molecule has 0 spiro atoms. The number of fused-ring (bicyclic) bond motifs is 5. The van der Waals surface area contributed by atoms with Crippen molar-refractivity contribution in [3.63, 3.8) is 0 Å². The van der Waals surface area contributed by atoms with Gasteiger partial charge in [-0.1, -0.05) is 42.5 Å². The van der Waals surface area contributed by atoms with Crippen LogP contribution in [-0.2, 0) is 4.74 Å². The maximum atomic E-state index is 11.0. The zero-order valence-electron chi connectivity index (χ0n) is 14.8. The summed E-state index contributed by atoms with van der Waals surface area (Å²) in [5.41, 5.74) is 3.54. The molecule has 5 heteroatoms. The molecular weight excluding hydrogens is 340 g/mol. The van der Waals surface area contributed by atoms with Crippen LogP contribution in [0.15, 0.2) is 60.7 Å². The molecule has 0 bridgehead atoms. The largest absolute Gasteiger partial charge is 0.378 e. The second-order valence-corrected chi connectivity index (χ2v) is 7.32. The van der Waals surface area contributed by atoms with E-state index in [2.05, 4.69) is 41.7 Å². The second kappa shape index (κ2) is 6.35. The van der Waals surface area contributed by atoms with E-state index in [4.69, 9.17) is 4.74 Å². The molecule has 0 radical (unpaired) electrons. The van der Waals surface area contributed by atoms with Crippen LogP contribution in [0.4, 0.5) is 11.4 Å². The van der Waals surface area contributed by atoms with Crippen molar-refractivity contribution in [2.45, 2.75) is 25.0 Å². The number of anilines is 1. The van der Waals surface area contributed by atoms with E-state index in [0.29, 0.717) is 5.92 Å². The molecule has 5 nitrogen and oxygen atoms in total. The SMILES string of the molecule is O=[N+]([O-])c1ccc([C@@H]2Nc3ccc4ccccc4c3[C@H]3OCCC[C@H]32)cc1. The molecule has 1 N–H and O–H groups in total. The number of rotatable bonds is 2. The van der Waals surface area contributed by atoms with E-state index in [-0.39, 0.29) is 22.8 Å². The van der Waals surface area contributed by atoms with Crippen LogP contribution < -0.4 is 5.32 Å². The van der Waals surface area contributed by atoms with Gasteiger partial charge in [-0.3, -0.25) is 10.1 Å². The smallest absolute Gasteiger partial charge is 0.269 e. The molecule has 27 heavy (non-hydrogen) atoms. The summed E-state index contributed by atoms with van der Waals surface area (Å²) >= 11 is 0. The van der Waals surface area contributed by atoms with Crippen LogP contribution in [0.3, 0.4) is 0 Å². The number of ether oxygens (including phenoxy) is 1. The maximum absolute atomic E-state index is 11.0. The number of non-ortho nitro benzene ring substituents is 1. The van der Waals surface area contributed by atoms with E-state index in [0.717, 1.165) is 30.7 Å². The second-order valence-electron chi connectivity index (χ2n) is 7.32. The Morgan fingerprint density at radius 2 is 1.85 bits per heavy atom. The molecule has 2 heterocycles. The highest BCUT2D eigenvalue weighted by Gasteiger charge is 2.40. The van der Waals surface area contributed by atoms with E-state index in [9.17, 15) is 10.1 Å². The van der Waals surface area contributed by atoms with Crippen molar-refractivity contribution in [2.75, 3.05) is 11.9 Å². The molecule has 2 aliphatic rings. The third-order valence-corrected chi connectivity index (χ3v) is 5.83. The Bertz CT molecular complexity index is 1020. The van der Waals surface area contributed by atoms with E-state index in [1.54, 1.807) is 12.1 Å². The van der Waals surface area contributed by atoms with E-state index in [1.165, 1.54) is 16.3 Å². The van der Waals surface area contributed by atoms with Gasteiger partial charge in [0.2, 0.25) is 0 Å². The quantitative estimate of drug-likeness (QED) is 0.492. The molecule has 2 aliphatic heterocycles. The van der Waals surface area contributed by atoms with Crippen molar-refractivity contribution in [3.8, 4) is 0 Å². The molecule has 3 aromatic rings. The number of nitro benzene ring substituents is 1. The average Bonchev–Trinajstić information content (AvgIpc) is 2.73. The molecule has 3 atom stereocenters. The number of nitrogens with one attached hydrogen (secondary N) is 1. The molecule has 0 aromatic heterocycles. The van der Waals surface area contributed by atoms with Gasteiger partial charge in [0.05, 0.1) is 17.1 Å². The van der Waals surface area contributed by atoms with Gasteiger partial charge in [-0.25, -0.2) is 0 Å². The zero-order chi connectivity index (χ0) is 18.4. The standard InChI is InChI=1S/C22H20N2O3/c25-24(26)16-10-7-15(8-11-16)21-18-6-3-13-27-22(18)20-17-5-2-1-4-14(17)9-12-19(20)23-21/h1-2,4-5,7-12,18,21-23H,3,6,13H2/t18-,21-,22-/m0/s1. The summed E-state index contributed by atoms with van der Waals surface area (Å²) in [5, 5.41) is 17.1. The predicted octanol–water partition coefficient (Wildman–Crippen LogP) is 5.38. The Morgan fingerprint density at radius 3 is 2.67 bits per heavy atom. The van der Waals surface area contributed by atoms with Gasteiger partial charge in [0.1, 0.15) is 0 Å². The van der Waals surface area contributed by atoms with Gasteiger partial charge < -0.3 is 10.1 Å². The minimum Gasteiger partial charge on any atom is -0.378 e. The Balaban J connectivity index is 1.61. The summed E-state index contributed by atoms with van der Waals surface area (Å²) < 4.78 is 6.28. The van der Waals surface area contributed by atoms with Crippen molar-refractivity contribution in [1.29, 1.82) is 0 Å². The molecule has 0 unspecified atom stereocenters. The summed E-state index contributed by atoms with van der Waals surface area (Å²) in [4.78, 5) is 10.6. The Kier molecular flexibility index (Phi) is 3.83. The fraction of sp³-hybridized carbons (Fsp3) is 0.273. The van der Waals surface area contributed by atoms with Gasteiger partial charge in [-0.05, 0) is 35.2 Å². The highest BCUT2D eigenvalue weighted by molar-refractivity contribution is 5.91. The third-order valence-electron chi connectivity index (χ3n) is 5.83. The predicted molar refractivity (Wildman–Crippen MR) is 105 cm³/mol. The molecule has 136 valence electrons. The number of benzene rings is 3. The summed E-state index contributed by atoms with van der Waals surface area (Å²) in [5.74, 6) is 0.304. The van der Waals surface area contributed by atoms with Crippen LogP contribution in [0.5, 0.6) is 0 Å². The molecular formula is C22H20N2O3. The van der Waals surface area contributed by atoms with Crippen LogP contribution in [0.1, 0.15) is 36.1 Å². The van der Waals surface area contributed by atoms with Gasteiger partial charge >= 0.3 is 0 Å². The minimum atomic E-state index is -0.355. The Morgan fingerprint density at radius 1 is 1.04 bits per heavy atom. The van der Waals surface area contributed by atoms with Crippen LogP contribution >= 0.6 is 0 Å². The highest BCUT2D eigenvalue weighted by atomic mass is 16.6. The lowest BCUT2D eigenvalue weighted by Gasteiger charge is -2.44. The van der Waals surface area contributed by atoms with Gasteiger partial charge in [-0.15, -0.1) is 0 Å². The monoisotopic (exact) mass is 360 g/mol. The third kappa shape index (κ3) is 2.66. The highest BCUT2D eigenvalue weighted by Crippen LogP contribution is 2.51. The molecule has 1 saturated heterocycles. The van der Waals surface area contributed by atoms with Crippen molar-refractivity contribution < 1.29 is 9.66 Å². The number of hydrogen-bond donors (Lipinski definition) is 1. The normalized spacial score (nSPS) is 23.9. The molecule has 1 fully saturated rings. The minimum absolute atomic E-state index is 0.0429. The Labute approximate surface area is 157 Å². The van der Waals surface area contributed by atoms with Crippen LogP contribution in [-0.4, -0.2) is 11.5 Å². The maximum Gasteiger partial charge on any atom is 0.269 e. The van der Waals surface area contributed by atoms with Gasteiger partial charge in [0, 0.05) is 35.9 Å². The van der Waals surface area contributed by atoms with E-state index in [1.807, 2.05) is 12.1 Å². The fourth-order valence-electron chi connectivity index (χ4n) is 4.58. The van der Waals surface area contributed by atoms with Crippen molar-refractivity contribution in [1.82, 2.24) is 0 Å². The summed E-state index contributed by atoms with van der Waals surface area (Å²) in [6, 6.07) is 19.7. The lowest BCUT2D eigenvalue weighted by molar-refractivity contribution is -0.384. The van der Waals surface area contributed by atoms with E-state index >= 15 is 0 Å². The first-order valence-corrected chi connectivity index (χ1v) is 9.36. The van der Waals surface area contributed by atoms with Gasteiger partial charge in [-0.2, -0.15) is 0 Å². The molecule has 0 amide bonds. The van der Waals surface area contributed by atoms with E-state index < -0.39 is 0 Å². The topological polar surface area (TPSA) is 64.4 Å². The van der Waals surface area contributed by atoms with Crippen LogP contribution in [0.25, 0.3) is 10.8 Å². The average molecular weight is 360 g/mol. The lowest BCUT2D eigenvalue weighted by Crippen LogP contribution is -2.36. The summed E-state index contributed by atoms with van der Waals surface area (Å²) in [6.07, 6.45) is 2.15. The first kappa shape index (κ1) is 16.3. The molecule has 5 rings (SSSR count). The number of nitrogens with zero attached hydrogens (tertiary/aromatic N) is 1. The van der Waals surface area contributed by atoms with Gasteiger partial charge in [0.25, 0.3) is 5.69 Å². The van der Waals surface area contributed by atoms with Crippen molar-refractivity contribution in [2.24, 2.45) is 5.92 Å². The first-order chi connectivity index (χ1) is 13.2. The molecule has 0 saturated carbocycles. The Hall–Kier alpha value is -2.92. The van der Waals surface area contributed by atoms with Gasteiger partial charge in [0.15, 0.2) is 0 Å².